The van der Waals surface area contributed by atoms with Crippen LogP contribution < -0.4 is 16.0 Å². The van der Waals surface area contributed by atoms with Crippen LogP contribution >= 0.6 is 23.4 Å². The van der Waals surface area contributed by atoms with Crippen molar-refractivity contribution in [1.82, 2.24) is 16.0 Å². The van der Waals surface area contributed by atoms with Crippen molar-refractivity contribution in [2.45, 2.75) is 48.4 Å². The Bertz CT molecular complexity index is 1100. The second-order valence-electron chi connectivity index (χ2n) is 8.82. The van der Waals surface area contributed by atoms with Crippen LogP contribution in [0.25, 0.3) is 0 Å². The Balaban J connectivity index is 1.51. The molecule has 3 N–H and O–H groups in total. The number of halogens is 1. The first-order valence-electron chi connectivity index (χ1n) is 10.5. The summed E-state index contributed by atoms with van der Waals surface area (Å²) in [7, 11) is -3.84. The SMILES string of the molecule is CC(C)(C)c1ccc(S(=O)(=O)C2CNC(SCC(=O)NCc3ccc(Cl)cc3)NC2=O)cc1. The van der Waals surface area contributed by atoms with Crippen LogP contribution in [-0.4, -0.2) is 43.3 Å². The lowest BCUT2D eigenvalue weighted by molar-refractivity contribution is -0.122. The predicted octanol–water partition coefficient (Wildman–Crippen LogP) is 2.83. The smallest absolute Gasteiger partial charge is 0.241 e. The number of rotatable bonds is 7. The molecule has 2 aromatic carbocycles. The molecule has 33 heavy (non-hydrogen) atoms. The van der Waals surface area contributed by atoms with Crippen molar-refractivity contribution in [3.05, 3.63) is 64.7 Å². The number of amides is 2. The molecule has 1 saturated heterocycles. The fourth-order valence-electron chi connectivity index (χ4n) is 3.25. The van der Waals surface area contributed by atoms with E-state index in [2.05, 4.69) is 16.0 Å². The van der Waals surface area contributed by atoms with E-state index in [1.807, 2.05) is 32.9 Å². The van der Waals surface area contributed by atoms with Gasteiger partial charge in [-0.1, -0.05) is 56.6 Å². The molecule has 0 bridgehead atoms. The summed E-state index contributed by atoms with van der Waals surface area (Å²) >= 11 is 7.04. The zero-order valence-electron chi connectivity index (χ0n) is 18.7. The second kappa shape index (κ2) is 10.5. The van der Waals surface area contributed by atoms with Gasteiger partial charge in [0.2, 0.25) is 11.8 Å². The van der Waals surface area contributed by atoms with E-state index in [1.165, 1.54) is 11.8 Å². The quantitative estimate of drug-likeness (QED) is 0.530. The molecule has 0 aliphatic carbocycles. The van der Waals surface area contributed by atoms with Gasteiger partial charge in [0, 0.05) is 18.1 Å². The highest BCUT2D eigenvalue weighted by atomic mass is 35.5. The van der Waals surface area contributed by atoms with Crippen LogP contribution in [0.1, 0.15) is 31.9 Å². The minimum absolute atomic E-state index is 0.0285. The molecule has 7 nitrogen and oxygen atoms in total. The first-order chi connectivity index (χ1) is 15.5. The minimum Gasteiger partial charge on any atom is -0.351 e. The molecule has 1 heterocycles. The van der Waals surface area contributed by atoms with E-state index >= 15 is 0 Å². The first kappa shape index (κ1) is 25.6. The third-order valence-electron chi connectivity index (χ3n) is 5.26. The van der Waals surface area contributed by atoms with E-state index in [9.17, 15) is 18.0 Å². The van der Waals surface area contributed by atoms with E-state index in [1.54, 1.807) is 36.4 Å². The lowest BCUT2D eigenvalue weighted by atomic mass is 9.87. The lowest BCUT2D eigenvalue weighted by Crippen LogP contribution is -2.59. The number of carbonyl (C=O) groups is 2. The number of hydrogen-bond donors (Lipinski definition) is 3. The van der Waals surface area contributed by atoms with Crippen molar-refractivity contribution in [3.8, 4) is 0 Å². The number of nitrogens with one attached hydrogen (secondary N) is 3. The third kappa shape index (κ3) is 6.72. The van der Waals surface area contributed by atoms with E-state index in [0.29, 0.717) is 11.6 Å². The molecular formula is C23H28ClN3O4S2. The summed E-state index contributed by atoms with van der Waals surface area (Å²) in [6, 6.07) is 13.8. The molecule has 1 aliphatic rings. The summed E-state index contributed by atoms with van der Waals surface area (Å²) in [4.78, 5) is 24.8. The van der Waals surface area contributed by atoms with Crippen LogP contribution in [0, 0.1) is 0 Å². The van der Waals surface area contributed by atoms with Crippen LogP contribution in [0.3, 0.4) is 0 Å². The van der Waals surface area contributed by atoms with Gasteiger partial charge in [-0.15, -0.1) is 11.8 Å². The minimum atomic E-state index is -3.84. The maximum absolute atomic E-state index is 13.0. The summed E-state index contributed by atoms with van der Waals surface area (Å²) in [6.07, 6.45) is 0. The van der Waals surface area contributed by atoms with Gasteiger partial charge in [0.05, 0.1) is 10.6 Å². The maximum Gasteiger partial charge on any atom is 0.241 e. The predicted molar refractivity (Wildman–Crippen MR) is 132 cm³/mol. The van der Waals surface area contributed by atoms with Crippen LogP contribution in [0.2, 0.25) is 5.02 Å². The molecular weight excluding hydrogens is 482 g/mol. The molecule has 10 heteroatoms. The topological polar surface area (TPSA) is 104 Å². The van der Waals surface area contributed by atoms with Crippen molar-refractivity contribution < 1.29 is 18.0 Å². The molecule has 0 radical (unpaired) electrons. The number of carbonyl (C=O) groups excluding carboxylic acids is 2. The second-order valence-corrected chi connectivity index (χ2v) is 12.5. The Hall–Kier alpha value is -2.07. The Morgan fingerprint density at radius 3 is 2.33 bits per heavy atom. The average molecular weight is 510 g/mol. The van der Waals surface area contributed by atoms with Crippen LogP contribution in [0.5, 0.6) is 0 Å². The molecule has 0 spiro atoms. The number of benzene rings is 2. The summed E-state index contributed by atoms with van der Waals surface area (Å²) < 4.78 is 26.0. The Kier molecular flexibility index (Phi) is 8.10. The molecule has 0 aromatic heterocycles. The molecule has 1 fully saturated rings. The van der Waals surface area contributed by atoms with Crippen LogP contribution in [-0.2, 0) is 31.4 Å². The van der Waals surface area contributed by atoms with Gasteiger partial charge in [-0.05, 0) is 40.8 Å². The normalized spacial score (nSPS) is 19.1. The third-order valence-corrected chi connectivity index (χ3v) is 8.62. The van der Waals surface area contributed by atoms with Crippen molar-refractivity contribution >= 4 is 45.0 Å². The summed E-state index contributed by atoms with van der Waals surface area (Å²) in [5.41, 5.74) is 1.29. The number of thioether (sulfide) groups is 1. The van der Waals surface area contributed by atoms with Crippen LogP contribution in [0.15, 0.2) is 53.4 Å². The first-order valence-corrected chi connectivity index (χ1v) is 13.4. The van der Waals surface area contributed by atoms with Crippen molar-refractivity contribution in [1.29, 1.82) is 0 Å². The molecule has 2 amide bonds. The van der Waals surface area contributed by atoms with Crippen molar-refractivity contribution in [2.24, 2.45) is 0 Å². The zero-order valence-corrected chi connectivity index (χ0v) is 21.1. The monoisotopic (exact) mass is 509 g/mol. The number of sulfone groups is 1. The summed E-state index contributed by atoms with van der Waals surface area (Å²) in [6.45, 7) is 6.48. The molecule has 178 valence electrons. The fourth-order valence-corrected chi connectivity index (χ4v) is 5.72. The van der Waals surface area contributed by atoms with Gasteiger partial charge in [-0.3, -0.25) is 14.9 Å². The van der Waals surface area contributed by atoms with E-state index in [4.69, 9.17) is 11.6 Å². The number of hydrogen-bond acceptors (Lipinski definition) is 6. The zero-order chi connectivity index (χ0) is 24.2. The Morgan fingerprint density at radius 2 is 1.76 bits per heavy atom. The molecule has 0 saturated carbocycles. The van der Waals surface area contributed by atoms with E-state index in [0.717, 1.165) is 11.1 Å². The lowest BCUT2D eigenvalue weighted by Gasteiger charge is -2.29. The fraction of sp³-hybridized carbons (Fsp3) is 0.391. The molecule has 2 atom stereocenters. The van der Waals surface area contributed by atoms with E-state index < -0.39 is 26.5 Å². The van der Waals surface area contributed by atoms with Crippen molar-refractivity contribution in [2.75, 3.05) is 12.3 Å². The van der Waals surface area contributed by atoms with Gasteiger partial charge in [0.25, 0.3) is 0 Å². The van der Waals surface area contributed by atoms with Gasteiger partial charge in [0.15, 0.2) is 15.1 Å². The molecule has 2 unspecified atom stereocenters. The largest absolute Gasteiger partial charge is 0.351 e. The maximum atomic E-state index is 13.0. The standard InChI is InChI=1S/C23H28ClN3O4S2/c1-23(2,3)16-6-10-18(11-7-16)33(30,31)19-13-26-22(27-21(19)29)32-14-20(28)25-12-15-4-8-17(24)9-5-15/h4-11,19,22,26H,12-14H2,1-3H3,(H,25,28)(H,27,29). The van der Waals surface area contributed by atoms with Gasteiger partial charge >= 0.3 is 0 Å². The molecule has 2 aromatic rings. The summed E-state index contributed by atoms with van der Waals surface area (Å²) in [5, 5.41) is 7.85. The highest BCUT2D eigenvalue weighted by molar-refractivity contribution is 8.00. The molecule has 3 rings (SSSR count). The highest BCUT2D eigenvalue weighted by Crippen LogP contribution is 2.25. The van der Waals surface area contributed by atoms with Gasteiger partial charge < -0.3 is 10.6 Å². The molecule has 1 aliphatic heterocycles. The van der Waals surface area contributed by atoms with Gasteiger partial charge in [-0.25, -0.2) is 8.42 Å². The van der Waals surface area contributed by atoms with Gasteiger partial charge in [0.1, 0.15) is 5.50 Å². The van der Waals surface area contributed by atoms with Crippen LogP contribution in [0.4, 0.5) is 0 Å². The average Bonchev–Trinajstić information content (AvgIpc) is 2.76. The Labute approximate surface area is 204 Å². The van der Waals surface area contributed by atoms with Gasteiger partial charge in [-0.2, -0.15) is 0 Å². The highest BCUT2D eigenvalue weighted by Gasteiger charge is 2.38. The summed E-state index contributed by atoms with van der Waals surface area (Å²) in [5.74, 6) is -0.663. The Morgan fingerprint density at radius 1 is 1.12 bits per heavy atom. The van der Waals surface area contributed by atoms with E-state index in [-0.39, 0.29) is 28.5 Å². The van der Waals surface area contributed by atoms with Crippen molar-refractivity contribution in [3.63, 3.8) is 0 Å².